The SMILES string of the molecule is CCCCCCCCCCCCCCCCCCC(S)n1cccc1. The lowest BCUT2D eigenvalue weighted by atomic mass is 10.0. The molecule has 1 atom stereocenters. The zero-order valence-electron chi connectivity index (χ0n) is 16.8. The fourth-order valence-electron chi connectivity index (χ4n) is 3.57. The molecule has 0 fully saturated rings. The normalized spacial score (nSPS) is 12.6. The molecular weight excluding hydrogens is 322 g/mol. The summed E-state index contributed by atoms with van der Waals surface area (Å²) in [5.74, 6) is 0. The first kappa shape index (κ1) is 22.7. The number of unbranched alkanes of at least 4 members (excludes halogenated alkanes) is 15. The molecule has 1 aromatic rings. The monoisotopic (exact) mass is 365 g/mol. The van der Waals surface area contributed by atoms with E-state index < -0.39 is 0 Å². The Kier molecular flexibility index (Phi) is 15.5. The summed E-state index contributed by atoms with van der Waals surface area (Å²) >= 11 is 4.68. The van der Waals surface area contributed by atoms with E-state index in [0.717, 1.165) is 0 Å². The van der Waals surface area contributed by atoms with Crippen molar-refractivity contribution in [1.82, 2.24) is 4.57 Å². The maximum absolute atomic E-state index is 4.68. The lowest BCUT2D eigenvalue weighted by Crippen LogP contribution is -1.99. The van der Waals surface area contributed by atoms with Gasteiger partial charge in [-0.25, -0.2) is 0 Å². The van der Waals surface area contributed by atoms with Crippen LogP contribution in [0, 0.1) is 0 Å². The van der Waals surface area contributed by atoms with Crippen LogP contribution in [0.5, 0.6) is 0 Å². The number of rotatable bonds is 18. The van der Waals surface area contributed by atoms with Crippen molar-refractivity contribution < 1.29 is 0 Å². The third-order valence-electron chi connectivity index (χ3n) is 5.29. The molecule has 1 aromatic heterocycles. The van der Waals surface area contributed by atoms with Crippen LogP contribution < -0.4 is 0 Å². The largest absolute Gasteiger partial charge is 0.342 e. The van der Waals surface area contributed by atoms with Crippen molar-refractivity contribution in [2.24, 2.45) is 0 Å². The molecule has 1 unspecified atom stereocenters. The summed E-state index contributed by atoms with van der Waals surface area (Å²) in [5.41, 5.74) is 0. The second-order valence-electron chi connectivity index (χ2n) is 7.70. The second-order valence-corrected chi connectivity index (χ2v) is 8.30. The number of thiol groups is 1. The first-order valence-electron chi connectivity index (χ1n) is 11.1. The molecule has 1 rings (SSSR count). The van der Waals surface area contributed by atoms with E-state index >= 15 is 0 Å². The van der Waals surface area contributed by atoms with Gasteiger partial charge in [-0.05, 0) is 18.6 Å². The Bertz CT molecular complexity index is 360. The Morgan fingerprint density at radius 3 is 1.36 bits per heavy atom. The molecule has 0 saturated heterocycles. The van der Waals surface area contributed by atoms with Gasteiger partial charge in [0.05, 0.1) is 5.37 Å². The van der Waals surface area contributed by atoms with Crippen LogP contribution in [0.4, 0.5) is 0 Å². The molecule has 1 heterocycles. The highest BCUT2D eigenvalue weighted by Gasteiger charge is 2.03. The van der Waals surface area contributed by atoms with Gasteiger partial charge in [0.2, 0.25) is 0 Å². The van der Waals surface area contributed by atoms with Gasteiger partial charge in [-0.3, -0.25) is 0 Å². The molecule has 0 bridgehead atoms. The van der Waals surface area contributed by atoms with Crippen LogP contribution in [0.1, 0.15) is 121 Å². The standard InChI is InChI=1S/C23H43NS/c1-2-3-4-5-6-7-8-9-10-11-12-13-14-15-16-17-20-23(25)24-21-18-19-22-24/h18-19,21-23,25H,2-17,20H2,1H3. The minimum absolute atomic E-state index is 0.363. The lowest BCUT2D eigenvalue weighted by Gasteiger charge is -2.12. The molecule has 0 aromatic carbocycles. The predicted octanol–water partition coefficient (Wildman–Crippen LogP) is 8.57. The summed E-state index contributed by atoms with van der Waals surface area (Å²) in [6.07, 6.45) is 28.4. The van der Waals surface area contributed by atoms with Crippen LogP contribution in [0.15, 0.2) is 24.5 Å². The summed E-state index contributed by atoms with van der Waals surface area (Å²) in [7, 11) is 0. The average Bonchev–Trinajstić information content (AvgIpc) is 3.16. The molecule has 1 nitrogen and oxygen atoms in total. The van der Waals surface area contributed by atoms with Crippen LogP contribution in [-0.4, -0.2) is 4.57 Å². The maximum atomic E-state index is 4.68. The lowest BCUT2D eigenvalue weighted by molar-refractivity contribution is 0.517. The first-order chi connectivity index (χ1) is 12.3. The maximum Gasteiger partial charge on any atom is 0.0758 e. The molecule has 2 heteroatoms. The number of hydrogen-bond donors (Lipinski definition) is 1. The number of aromatic nitrogens is 1. The molecule has 0 aliphatic rings. The van der Waals surface area contributed by atoms with Crippen LogP contribution >= 0.6 is 12.6 Å². The molecule has 0 radical (unpaired) electrons. The van der Waals surface area contributed by atoms with Crippen molar-refractivity contribution in [3.8, 4) is 0 Å². The molecule has 0 spiro atoms. The van der Waals surface area contributed by atoms with Gasteiger partial charge in [0.1, 0.15) is 0 Å². The third-order valence-corrected chi connectivity index (χ3v) is 5.81. The topological polar surface area (TPSA) is 4.93 Å². The van der Waals surface area contributed by atoms with Crippen LogP contribution in [0.25, 0.3) is 0 Å². The molecule has 25 heavy (non-hydrogen) atoms. The minimum Gasteiger partial charge on any atom is -0.342 e. The Balaban J connectivity index is 1.72. The Hall–Kier alpha value is -0.370. The highest BCUT2D eigenvalue weighted by molar-refractivity contribution is 7.80. The number of nitrogens with zero attached hydrogens (tertiary/aromatic N) is 1. The molecule has 0 N–H and O–H groups in total. The van der Waals surface area contributed by atoms with Gasteiger partial charge in [0.15, 0.2) is 0 Å². The zero-order chi connectivity index (χ0) is 18.0. The van der Waals surface area contributed by atoms with Crippen molar-refractivity contribution in [3.63, 3.8) is 0 Å². The van der Waals surface area contributed by atoms with E-state index in [1.54, 1.807) is 0 Å². The van der Waals surface area contributed by atoms with Crippen LogP contribution in [0.2, 0.25) is 0 Å². The van der Waals surface area contributed by atoms with Crippen LogP contribution in [0.3, 0.4) is 0 Å². The zero-order valence-corrected chi connectivity index (χ0v) is 17.7. The summed E-state index contributed by atoms with van der Waals surface area (Å²) in [6.45, 7) is 2.29. The van der Waals surface area contributed by atoms with Gasteiger partial charge < -0.3 is 4.57 Å². The van der Waals surface area contributed by atoms with E-state index in [2.05, 4.69) is 48.6 Å². The van der Waals surface area contributed by atoms with E-state index in [4.69, 9.17) is 0 Å². The third kappa shape index (κ3) is 13.5. The van der Waals surface area contributed by atoms with Crippen LogP contribution in [-0.2, 0) is 0 Å². The molecular formula is C23H43NS. The van der Waals surface area contributed by atoms with E-state index in [1.165, 1.54) is 109 Å². The van der Waals surface area contributed by atoms with Gasteiger partial charge in [-0.15, -0.1) is 0 Å². The molecule has 0 aliphatic carbocycles. The van der Waals surface area contributed by atoms with Crippen molar-refractivity contribution >= 4 is 12.6 Å². The fraction of sp³-hybridized carbons (Fsp3) is 0.826. The van der Waals surface area contributed by atoms with Crippen molar-refractivity contribution in [2.75, 3.05) is 0 Å². The Morgan fingerprint density at radius 2 is 0.960 bits per heavy atom. The molecule has 0 saturated carbocycles. The highest BCUT2D eigenvalue weighted by atomic mass is 32.1. The smallest absolute Gasteiger partial charge is 0.0758 e. The van der Waals surface area contributed by atoms with Gasteiger partial charge in [-0.1, -0.05) is 110 Å². The van der Waals surface area contributed by atoms with Gasteiger partial charge >= 0.3 is 0 Å². The predicted molar refractivity (Wildman–Crippen MR) is 117 cm³/mol. The summed E-state index contributed by atoms with van der Waals surface area (Å²) in [4.78, 5) is 0. The van der Waals surface area contributed by atoms with Crippen molar-refractivity contribution in [3.05, 3.63) is 24.5 Å². The fourth-order valence-corrected chi connectivity index (χ4v) is 3.91. The van der Waals surface area contributed by atoms with E-state index in [9.17, 15) is 0 Å². The van der Waals surface area contributed by atoms with E-state index in [1.807, 2.05) is 0 Å². The first-order valence-corrected chi connectivity index (χ1v) is 11.7. The van der Waals surface area contributed by atoms with E-state index in [0.29, 0.717) is 5.37 Å². The van der Waals surface area contributed by atoms with E-state index in [-0.39, 0.29) is 0 Å². The van der Waals surface area contributed by atoms with Gasteiger partial charge in [-0.2, -0.15) is 12.6 Å². The summed E-state index contributed by atoms with van der Waals surface area (Å²) < 4.78 is 2.20. The molecule has 146 valence electrons. The van der Waals surface area contributed by atoms with Crippen molar-refractivity contribution in [1.29, 1.82) is 0 Å². The average molecular weight is 366 g/mol. The number of hydrogen-bond acceptors (Lipinski definition) is 1. The minimum atomic E-state index is 0.363. The Labute approximate surface area is 163 Å². The summed E-state index contributed by atoms with van der Waals surface area (Å²) in [5, 5.41) is 0.363. The Morgan fingerprint density at radius 1 is 0.600 bits per heavy atom. The molecule has 0 amide bonds. The highest BCUT2D eigenvalue weighted by Crippen LogP contribution is 2.20. The van der Waals surface area contributed by atoms with Gasteiger partial charge in [0.25, 0.3) is 0 Å². The quantitative estimate of drug-likeness (QED) is 0.196. The molecule has 0 aliphatic heterocycles. The van der Waals surface area contributed by atoms with Crippen molar-refractivity contribution in [2.45, 2.75) is 121 Å². The summed E-state index contributed by atoms with van der Waals surface area (Å²) in [6, 6.07) is 4.16. The van der Waals surface area contributed by atoms with Gasteiger partial charge in [0, 0.05) is 12.4 Å². The second kappa shape index (κ2) is 17.1.